The summed E-state index contributed by atoms with van der Waals surface area (Å²) in [7, 11) is 0. The van der Waals surface area contributed by atoms with Crippen LogP contribution in [0.5, 0.6) is 0 Å². The zero-order valence-electron chi connectivity index (χ0n) is 13.9. The third-order valence-corrected chi connectivity index (χ3v) is 4.47. The molecule has 0 bridgehead atoms. The topological polar surface area (TPSA) is 80.9 Å². The normalized spacial score (nSPS) is 12.9. The standard InChI is InChI=1S/C20H18N4O/c1-12-2-4-13(5-3-12)23-20-22-11-10-17(24-20)14-6-8-16(21)19-15(14)7-9-18(19)25/h2-6,8,10-11H,7,9,21H2,1H3,(H,22,23,24). The highest BCUT2D eigenvalue weighted by Gasteiger charge is 2.25. The van der Waals surface area contributed by atoms with Gasteiger partial charge in [0.05, 0.1) is 5.69 Å². The summed E-state index contributed by atoms with van der Waals surface area (Å²) in [6.07, 6.45) is 2.94. The minimum Gasteiger partial charge on any atom is -0.398 e. The van der Waals surface area contributed by atoms with Gasteiger partial charge in [0.2, 0.25) is 5.95 Å². The smallest absolute Gasteiger partial charge is 0.227 e. The molecule has 0 atom stereocenters. The summed E-state index contributed by atoms with van der Waals surface area (Å²) in [5.41, 5.74) is 12.0. The van der Waals surface area contributed by atoms with E-state index in [2.05, 4.69) is 15.3 Å². The van der Waals surface area contributed by atoms with Gasteiger partial charge in [-0.25, -0.2) is 9.97 Å². The van der Waals surface area contributed by atoms with Gasteiger partial charge in [0.15, 0.2) is 5.78 Å². The lowest BCUT2D eigenvalue weighted by atomic mass is 9.99. The molecule has 1 aliphatic rings. The Hall–Kier alpha value is -3.21. The van der Waals surface area contributed by atoms with Crippen molar-refractivity contribution in [3.63, 3.8) is 0 Å². The minimum atomic E-state index is 0.112. The summed E-state index contributed by atoms with van der Waals surface area (Å²) in [5, 5.41) is 3.22. The van der Waals surface area contributed by atoms with Crippen LogP contribution in [0.2, 0.25) is 0 Å². The first kappa shape index (κ1) is 15.3. The molecule has 0 amide bonds. The van der Waals surface area contributed by atoms with E-state index < -0.39 is 0 Å². The largest absolute Gasteiger partial charge is 0.398 e. The van der Waals surface area contributed by atoms with E-state index >= 15 is 0 Å². The monoisotopic (exact) mass is 330 g/mol. The summed E-state index contributed by atoms with van der Waals surface area (Å²) >= 11 is 0. The lowest BCUT2D eigenvalue weighted by Crippen LogP contribution is -2.02. The molecule has 0 saturated heterocycles. The predicted molar refractivity (Wildman–Crippen MR) is 99.0 cm³/mol. The second-order valence-corrected chi connectivity index (χ2v) is 6.24. The van der Waals surface area contributed by atoms with Crippen molar-refractivity contribution >= 4 is 23.1 Å². The molecule has 5 heteroatoms. The Kier molecular flexibility index (Phi) is 3.69. The van der Waals surface area contributed by atoms with Gasteiger partial charge in [0.25, 0.3) is 0 Å². The molecular formula is C20H18N4O. The van der Waals surface area contributed by atoms with Crippen LogP contribution < -0.4 is 11.1 Å². The first-order valence-electron chi connectivity index (χ1n) is 8.23. The summed E-state index contributed by atoms with van der Waals surface area (Å²) in [5.74, 6) is 0.637. The first-order valence-corrected chi connectivity index (χ1v) is 8.23. The van der Waals surface area contributed by atoms with Crippen molar-refractivity contribution in [2.45, 2.75) is 19.8 Å². The van der Waals surface area contributed by atoms with Gasteiger partial charge in [-0.15, -0.1) is 0 Å². The van der Waals surface area contributed by atoms with Gasteiger partial charge < -0.3 is 11.1 Å². The minimum absolute atomic E-state index is 0.112. The van der Waals surface area contributed by atoms with Gasteiger partial charge in [-0.1, -0.05) is 23.8 Å². The van der Waals surface area contributed by atoms with Crippen molar-refractivity contribution in [1.29, 1.82) is 0 Å². The number of benzene rings is 2. The molecule has 0 unspecified atom stereocenters. The summed E-state index contributed by atoms with van der Waals surface area (Å²) in [6.45, 7) is 2.05. The molecule has 1 heterocycles. The summed E-state index contributed by atoms with van der Waals surface area (Å²) in [6, 6.07) is 13.6. The van der Waals surface area contributed by atoms with Gasteiger partial charge >= 0.3 is 0 Å². The third-order valence-electron chi connectivity index (χ3n) is 4.47. The number of hydrogen-bond donors (Lipinski definition) is 2. The molecule has 0 saturated carbocycles. The van der Waals surface area contributed by atoms with Crippen molar-refractivity contribution in [2.24, 2.45) is 0 Å². The fourth-order valence-electron chi connectivity index (χ4n) is 3.19. The highest BCUT2D eigenvalue weighted by Crippen LogP contribution is 2.35. The van der Waals surface area contributed by atoms with Crippen LogP contribution in [-0.2, 0) is 6.42 Å². The Morgan fingerprint density at radius 3 is 2.64 bits per heavy atom. The average Bonchev–Trinajstić information content (AvgIpc) is 3.00. The van der Waals surface area contributed by atoms with Gasteiger partial charge in [-0.05, 0) is 43.2 Å². The zero-order chi connectivity index (χ0) is 17.4. The van der Waals surface area contributed by atoms with Crippen LogP contribution in [0.25, 0.3) is 11.3 Å². The third kappa shape index (κ3) is 2.85. The van der Waals surface area contributed by atoms with E-state index in [9.17, 15) is 4.79 Å². The van der Waals surface area contributed by atoms with Gasteiger partial charge in [-0.3, -0.25) is 4.79 Å². The molecule has 3 aromatic rings. The number of anilines is 3. The number of carbonyl (C=O) groups excluding carboxylic acids is 1. The number of carbonyl (C=O) groups is 1. The maximum absolute atomic E-state index is 12.1. The van der Waals surface area contributed by atoms with E-state index in [0.717, 1.165) is 22.5 Å². The second-order valence-electron chi connectivity index (χ2n) is 6.24. The molecule has 4 rings (SSSR count). The first-order chi connectivity index (χ1) is 12.1. The van der Waals surface area contributed by atoms with Crippen molar-refractivity contribution in [1.82, 2.24) is 9.97 Å². The zero-order valence-corrected chi connectivity index (χ0v) is 13.9. The molecule has 124 valence electrons. The van der Waals surface area contributed by atoms with Crippen molar-refractivity contribution in [3.8, 4) is 11.3 Å². The number of rotatable bonds is 3. The number of nitrogen functional groups attached to an aromatic ring is 1. The number of nitrogens with two attached hydrogens (primary N) is 1. The van der Waals surface area contributed by atoms with Crippen molar-refractivity contribution < 1.29 is 4.79 Å². The molecule has 0 radical (unpaired) electrons. The Morgan fingerprint density at radius 1 is 1.04 bits per heavy atom. The molecule has 5 nitrogen and oxygen atoms in total. The van der Waals surface area contributed by atoms with E-state index in [1.165, 1.54) is 5.56 Å². The van der Waals surface area contributed by atoms with Gasteiger partial charge in [0, 0.05) is 35.1 Å². The highest BCUT2D eigenvalue weighted by molar-refractivity contribution is 6.06. The fraction of sp³-hybridized carbons (Fsp3) is 0.150. The number of aromatic nitrogens is 2. The van der Waals surface area contributed by atoms with Crippen LogP contribution in [0.4, 0.5) is 17.3 Å². The van der Waals surface area contributed by atoms with E-state index in [0.29, 0.717) is 30.0 Å². The number of Topliss-reactive ketones (excluding diaryl/α,β-unsaturated/α-hetero) is 1. The fourth-order valence-corrected chi connectivity index (χ4v) is 3.19. The number of nitrogens with zero attached hydrogens (tertiary/aromatic N) is 2. The SMILES string of the molecule is Cc1ccc(Nc2nccc(-c3ccc(N)c4c3CCC4=O)n2)cc1. The van der Waals surface area contributed by atoms with Crippen LogP contribution in [0.1, 0.15) is 27.9 Å². The molecule has 2 aromatic carbocycles. The summed E-state index contributed by atoms with van der Waals surface area (Å²) in [4.78, 5) is 21.0. The number of fused-ring (bicyclic) bond motifs is 1. The number of aryl methyl sites for hydroxylation is 1. The lowest BCUT2D eigenvalue weighted by molar-refractivity contribution is 0.0995. The second kappa shape index (κ2) is 6.02. The van der Waals surface area contributed by atoms with Crippen LogP contribution in [0.15, 0.2) is 48.7 Å². The molecule has 1 aromatic heterocycles. The molecule has 0 fully saturated rings. The summed E-state index contributed by atoms with van der Waals surface area (Å²) < 4.78 is 0. The maximum atomic E-state index is 12.1. The van der Waals surface area contributed by atoms with E-state index in [4.69, 9.17) is 5.73 Å². The van der Waals surface area contributed by atoms with Crippen LogP contribution >= 0.6 is 0 Å². The Bertz CT molecular complexity index is 964. The molecule has 25 heavy (non-hydrogen) atoms. The van der Waals surface area contributed by atoms with E-state index in [1.807, 2.05) is 43.3 Å². The number of nitrogens with one attached hydrogen (secondary N) is 1. The predicted octanol–water partition coefficient (Wildman–Crippen LogP) is 3.91. The molecule has 0 aliphatic heterocycles. The van der Waals surface area contributed by atoms with Crippen molar-refractivity contribution in [3.05, 3.63) is 65.4 Å². The number of hydrogen-bond acceptors (Lipinski definition) is 5. The van der Waals surface area contributed by atoms with Gasteiger partial charge in [-0.2, -0.15) is 0 Å². The molecule has 1 aliphatic carbocycles. The lowest BCUT2D eigenvalue weighted by Gasteiger charge is -2.11. The highest BCUT2D eigenvalue weighted by atomic mass is 16.1. The van der Waals surface area contributed by atoms with Crippen LogP contribution in [0, 0.1) is 6.92 Å². The Labute approximate surface area is 145 Å². The average molecular weight is 330 g/mol. The van der Waals surface area contributed by atoms with E-state index in [-0.39, 0.29) is 5.78 Å². The molecular weight excluding hydrogens is 312 g/mol. The quantitative estimate of drug-likeness (QED) is 0.712. The number of ketones is 1. The molecule has 3 N–H and O–H groups in total. The van der Waals surface area contributed by atoms with Crippen LogP contribution in [-0.4, -0.2) is 15.8 Å². The van der Waals surface area contributed by atoms with Gasteiger partial charge in [0.1, 0.15) is 0 Å². The van der Waals surface area contributed by atoms with E-state index in [1.54, 1.807) is 12.3 Å². The van der Waals surface area contributed by atoms with Crippen LogP contribution in [0.3, 0.4) is 0 Å². The maximum Gasteiger partial charge on any atom is 0.227 e. The van der Waals surface area contributed by atoms with Crippen molar-refractivity contribution in [2.75, 3.05) is 11.1 Å². The Balaban J connectivity index is 1.71. The Morgan fingerprint density at radius 2 is 1.84 bits per heavy atom. The molecule has 0 spiro atoms.